The number of aromatic amines is 1. The molecule has 0 fully saturated rings. The van der Waals surface area contributed by atoms with E-state index in [4.69, 9.17) is 26.4 Å². The maximum Gasteiger partial charge on any atom is 0.183 e. The molecular formula is C42H23N13S. The number of nitrogens with one attached hydrogen (secondary N) is 1. The van der Waals surface area contributed by atoms with Crippen LogP contribution >= 0.6 is 11.3 Å². The molecule has 0 aliphatic heterocycles. The maximum atomic E-state index is 9.81. The van der Waals surface area contributed by atoms with E-state index >= 15 is 0 Å². The number of aromatic nitrogens is 9. The number of benzene rings is 4. The van der Waals surface area contributed by atoms with Crippen molar-refractivity contribution in [2.45, 2.75) is 0 Å². The third kappa shape index (κ3) is 5.37. The summed E-state index contributed by atoms with van der Waals surface area (Å²) >= 11 is 1.46. The molecule has 0 bridgehead atoms. The quantitative estimate of drug-likeness (QED) is 0.152. The number of nitrogen functional groups attached to an aromatic ring is 2. The molecule has 13 nitrogen and oxygen atoms in total. The molecule has 0 radical (unpaired) electrons. The van der Waals surface area contributed by atoms with Crippen molar-refractivity contribution < 1.29 is 0 Å². The lowest BCUT2D eigenvalue weighted by atomic mass is 10.0. The van der Waals surface area contributed by atoms with Gasteiger partial charge in [0.15, 0.2) is 28.8 Å². The second-order valence-corrected chi connectivity index (χ2v) is 13.8. The number of para-hydroxylation sites is 2. The summed E-state index contributed by atoms with van der Waals surface area (Å²) in [5.41, 5.74) is 21.5. The van der Waals surface area contributed by atoms with Crippen molar-refractivity contribution in [3.8, 4) is 68.0 Å². The van der Waals surface area contributed by atoms with Gasteiger partial charge in [0.25, 0.3) is 0 Å². The molecule has 0 spiro atoms. The molecule has 6 aromatic heterocycles. The van der Waals surface area contributed by atoms with Crippen LogP contribution in [-0.2, 0) is 0 Å². The Kier molecular flexibility index (Phi) is 7.38. The molecule has 0 amide bonds. The first kappa shape index (κ1) is 32.5. The minimum atomic E-state index is 0.0184. The minimum absolute atomic E-state index is 0.0184. The van der Waals surface area contributed by atoms with Crippen LogP contribution in [0.1, 0.15) is 11.4 Å². The molecule has 0 atom stereocenters. The van der Waals surface area contributed by atoms with Crippen LogP contribution in [0.5, 0.6) is 0 Å². The SMILES string of the molecule is N#Cc1nc(-c2ccc3ncc(-c4cccc5nc(-c6nc(N)c(C#N)nc6-c6ccc7ncccc7c6)sc45)cc3c2)c(-c2nc3ccccc3[nH]2)nc1N. The van der Waals surface area contributed by atoms with Gasteiger partial charge in [0.1, 0.15) is 39.9 Å². The van der Waals surface area contributed by atoms with Gasteiger partial charge in [0.05, 0.1) is 32.3 Å². The predicted molar refractivity (Wildman–Crippen MR) is 216 cm³/mol. The number of hydrogen-bond donors (Lipinski definition) is 3. The van der Waals surface area contributed by atoms with E-state index in [2.05, 4.69) is 48.1 Å². The monoisotopic (exact) mass is 741 g/mol. The predicted octanol–water partition coefficient (Wildman–Crippen LogP) is 8.09. The number of rotatable bonds is 5. The van der Waals surface area contributed by atoms with Crippen LogP contribution in [0.2, 0.25) is 0 Å². The molecule has 0 saturated heterocycles. The topological polar surface area (TPSA) is 219 Å². The zero-order valence-corrected chi connectivity index (χ0v) is 29.7. The van der Waals surface area contributed by atoms with Crippen LogP contribution in [0.15, 0.2) is 109 Å². The average molecular weight is 742 g/mol. The Labute approximate surface area is 320 Å². The van der Waals surface area contributed by atoms with Gasteiger partial charge in [-0.25, -0.2) is 29.9 Å². The molecule has 6 heterocycles. The number of nitriles is 2. The molecule has 5 N–H and O–H groups in total. The molecule has 56 heavy (non-hydrogen) atoms. The van der Waals surface area contributed by atoms with E-state index in [-0.39, 0.29) is 23.0 Å². The summed E-state index contributed by atoms with van der Waals surface area (Å²) in [6.07, 6.45) is 3.58. The molecule has 14 heteroatoms. The van der Waals surface area contributed by atoms with E-state index in [0.29, 0.717) is 39.2 Å². The fraction of sp³-hybridized carbons (Fsp3) is 0. The highest BCUT2D eigenvalue weighted by molar-refractivity contribution is 7.22. The van der Waals surface area contributed by atoms with E-state index in [0.717, 1.165) is 59.7 Å². The van der Waals surface area contributed by atoms with Crippen LogP contribution in [0.4, 0.5) is 11.6 Å². The number of nitrogens with zero attached hydrogens (tertiary/aromatic N) is 10. The third-order valence-electron chi connectivity index (χ3n) is 9.43. The zero-order chi connectivity index (χ0) is 37.9. The molecule has 0 aliphatic rings. The van der Waals surface area contributed by atoms with Crippen molar-refractivity contribution in [3.05, 3.63) is 121 Å². The van der Waals surface area contributed by atoms with Gasteiger partial charge in [-0.2, -0.15) is 10.5 Å². The van der Waals surface area contributed by atoms with Crippen LogP contribution in [0.25, 0.3) is 98.9 Å². The van der Waals surface area contributed by atoms with E-state index in [1.807, 2.05) is 97.2 Å². The van der Waals surface area contributed by atoms with Crippen LogP contribution < -0.4 is 11.5 Å². The van der Waals surface area contributed by atoms with Gasteiger partial charge in [0, 0.05) is 45.4 Å². The number of thiazole rings is 1. The highest BCUT2D eigenvalue weighted by Crippen LogP contribution is 2.41. The van der Waals surface area contributed by atoms with Gasteiger partial charge in [-0.15, -0.1) is 11.3 Å². The highest BCUT2D eigenvalue weighted by atomic mass is 32.1. The first-order valence-corrected chi connectivity index (χ1v) is 18.0. The Balaban J connectivity index is 1.09. The van der Waals surface area contributed by atoms with E-state index < -0.39 is 0 Å². The van der Waals surface area contributed by atoms with Crippen molar-refractivity contribution in [1.29, 1.82) is 10.5 Å². The lowest BCUT2D eigenvalue weighted by molar-refractivity contribution is 1.15. The lowest BCUT2D eigenvalue weighted by Crippen LogP contribution is -2.04. The minimum Gasteiger partial charge on any atom is -0.381 e. The number of imidazole rings is 1. The summed E-state index contributed by atoms with van der Waals surface area (Å²) in [6.45, 7) is 0. The van der Waals surface area contributed by atoms with E-state index in [1.54, 1.807) is 6.20 Å². The maximum absolute atomic E-state index is 9.81. The number of hydrogen-bond acceptors (Lipinski definition) is 13. The highest BCUT2D eigenvalue weighted by Gasteiger charge is 2.22. The smallest absolute Gasteiger partial charge is 0.183 e. The van der Waals surface area contributed by atoms with Crippen molar-refractivity contribution >= 4 is 66.0 Å². The standard InChI is InChI=1S/C42H23N13S/c43-18-32-39(45)54-36(41-51-29-7-1-2-8-30(29)52-41)34(49-32)23-11-13-28-24(16-23)17-25(20-48-28)26-6-3-9-31-38(26)56-42(53-31)37-35(50-33(19-44)40(46)55-37)22-10-12-27-21(15-22)5-4-14-47-27/h1-17,20H,(H2,45,54)(H2,46,55)(H,51,52). The Hall–Kier alpha value is -8.20. The van der Waals surface area contributed by atoms with Crippen molar-refractivity contribution in [3.63, 3.8) is 0 Å². The van der Waals surface area contributed by atoms with Crippen LogP contribution in [-0.4, -0.2) is 44.9 Å². The van der Waals surface area contributed by atoms with Crippen molar-refractivity contribution in [2.75, 3.05) is 11.5 Å². The second kappa shape index (κ2) is 12.7. The van der Waals surface area contributed by atoms with Gasteiger partial charge in [0.2, 0.25) is 0 Å². The Morgan fingerprint density at radius 1 is 0.554 bits per heavy atom. The molecule has 0 unspecified atom stereocenters. The third-order valence-corrected chi connectivity index (χ3v) is 10.5. The van der Waals surface area contributed by atoms with Gasteiger partial charge >= 0.3 is 0 Å². The average Bonchev–Trinajstić information content (AvgIpc) is 3.88. The lowest BCUT2D eigenvalue weighted by Gasteiger charge is -2.10. The molecule has 0 saturated carbocycles. The fourth-order valence-corrected chi connectivity index (χ4v) is 7.86. The summed E-state index contributed by atoms with van der Waals surface area (Å²) in [5.74, 6) is 0.530. The number of H-pyrrole nitrogens is 1. The molecule has 10 aromatic rings. The summed E-state index contributed by atoms with van der Waals surface area (Å²) in [7, 11) is 0. The largest absolute Gasteiger partial charge is 0.381 e. The van der Waals surface area contributed by atoms with Gasteiger partial charge in [-0.05, 0) is 54.6 Å². The normalized spacial score (nSPS) is 11.3. The van der Waals surface area contributed by atoms with E-state index in [1.165, 1.54) is 11.3 Å². The fourth-order valence-electron chi connectivity index (χ4n) is 6.77. The summed E-state index contributed by atoms with van der Waals surface area (Å²) in [4.78, 5) is 40.9. The molecule has 4 aromatic carbocycles. The molecule has 10 rings (SSSR count). The number of anilines is 2. The van der Waals surface area contributed by atoms with Crippen LogP contribution in [0, 0.1) is 22.7 Å². The van der Waals surface area contributed by atoms with Gasteiger partial charge in [-0.1, -0.05) is 42.5 Å². The molecular weight excluding hydrogens is 719 g/mol. The summed E-state index contributed by atoms with van der Waals surface area (Å²) < 4.78 is 0.911. The van der Waals surface area contributed by atoms with Crippen molar-refractivity contribution in [1.82, 2.24) is 44.9 Å². The molecule has 262 valence electrons. The van der Waals surface area contributed by atoms with Crippen molar-refractivity contribution in [2.24, 2.45) is 0 Å². The van der Waals surface area contributed by atoms with E-state index in [9.17, 15) is 10.5 Å². The number of nitrogens with two attached hydrogens (primary N) is 2. The second-order valence-electron chi connectivity index (χ2n) is 12.9. The van der Waals surface area contributed by atoms with Crippen LogP contribution in [0.3, 0.4) is 0 Å². The Bertz CT molecular complexity index is 3300. The first-order chi connectivity index (χ1) is 27.4. The number of fused-ring (bicyclic) bond motifs is 4. The zero-order valence-electron chi connectivity index (χ0n) is 28.9. The molecule has 0 aliphatic carbocycles. The van der Waals surface area contributed by atoms with Gasteiger partial charge in [-0.3, -0.25) is 9.97 Å². The Morgan fingerprint density at radius 3 is 2.00 bits per heavy atom. The van der Waals surface area contributed by atoms with Gasteiger partial charge < -0.3 is 16.5 Å². The number of pyridine rings is 2. The first-order valence-electron chi connectivity index (χ1n) is 17.2. The Morgan fingerprint density at radius 2 is 1.23 bits per heavy atom. The summed E-state index contributed by atoms with van der Waals surface area (Å²) in [5, 5.41) is 22.0. The summed E-state index contributed by atoms with van der Waals surface area (Å²) in [6, 6.07) is 35.2.